The van der Waals surface area contributed by atoms with Gasteiger partial charge in [-0.1, -0.05) is 0 Å². The molecule has 1 saturated heterocycles. The molecule has 3 atom stereocenters. The Bertz CT molecular complexity index is 611. The van der Waals surface area contributed by atoms with Gasteiger partial charge in [0, 0.05) is 32.9 Å². The Morgan fingerprint density at radius 2 is 2.16 bits per heavy atom. The molecule has 2 aromatic rings. The molecule has 0 amide bonds. The maximum Gasteiger partial charge on any atom is 0.177 e. The number of likely N-dealkylation sites (tertiary alicyclic amines) is 1. The molecule has 0 radical (unpaired) electrons. The van der Waals surface area contributed by atoms with E-state index in [1.54, 1.807) is 6.20 Å². The first kappa shape index (κ1) is 11.4. The fourth-order valence-corrected chi connectivity index (χ4v) is 3.55. The molecule has 0 unspecified atom stereocenters. The van der Waals surface area contributed by atoms with E-state index in [0.29, 0.717) is 12.5 Å². The monoisotopic (exact) mass is 258 g/mol. The topological polar surface area (TPSA) is 54.2 Å². The molecule has 3 heterocycles. The second-order valence-corrected chi connectivity index (χ2v) is 5.80. The molecule has 2 aliphatic rings. The van der Waals surface area contributed by atoms with Crippen molar-refractivity contribution in [2.24, 2.45) is 24.8 Å². The van der Waals surface area contributed by atoms with Gasteiger partial charge in [0.2, 0.25) is 0 Å². The lowest BCUT2D eigenvalue weighted by Gasteiger charge is -2.18. The number of aliphatic hydroxyl groups is 1. The molecule has 0 bridgehead atoms. The number of hydrogen-bond acceptors (Lipinski definition) is 4. The van der Waals surface area contributed by atoms with Gasteiger partial charge in [0.25, 0.3) is 0 Å². The highest BCUT2D eigenvalue weighted by Crippen LogP contribution is 2.51. The van der Waals surface area contributed by atoms with E-state index >= 15 is 0 Å². The van der Waals surface area contributed by atoms with Crippen molar-refractivity contribution in [3.8, 4) is 0 Å². The Hall–Kier alpha value is -1.46. The number of fused-ring (bicyclic) bond motifs is 2. The van der Waals surface area contributed by atoms with Gasteiger partial charge in [0.15, 0.2) is 5.65 Å². The van der Waals surface area contributed by atoms with E-state index in [0.717, 1.165) is 48.5 Å². The number of hydrogen-bond donors (Lipinski definition) is 1. The van der Waals surface area contributed by atoms with Gasteiger partial charge in [-0.05, 0) is 29.9 Å². The number of aromatic nitrogens is 3. The highest BCUT2D eigenvalue weighted by atomic mass is 16.3. The molecule has 1 N–H and O–H groups in total. The summed E-state index contributed by atoms with van der Waals surface area (Å²) >= 11 is 0. The number of aryl methyl sites for hydroxylation is 1. The van der Waals surface area contributed by atoms with Crippen LogP contribution in [-0.2, 0) is 13.6 Å². The zero-order valence-electron chi connectivity index (χ0n) is 11.0. The summed E-state index contributed by atoms with van der Waals surface area (Å²) in [5.74, 6) is 3.09. The van der Waals surface area contributed by atoms with E-state index < -0.39 is 0 Å². The average Bonchev–Trinajstić information content (AvgIpc) is 2.77. The van der Waals surface area contributed by atoms with E-state index in [9.17, 15) is 5.11 Å². The summed E-state index contributed by atoms with van der Waals surface area (Å²) < 4.78 is 2.13. The lowest BCUT2D eigenvalue weighted by molar-refractivity contribution is 0.214. The van der Waals surface area contributed by atoms with Crippen LogP contribution in [0.3, 0.4) is 0 Å². The zero-order chi connectivity index (χ0) is 13.0. The van der Waals surface area contributed by atoms with Crippen molar-refractivity contribution in [2.45, 2.75) is 6.54 Å². The second-order valence-electron chi connectivity index (χ2n) is 5.80. The molecule has 4 rings (SSSR count). The van der Waals surface area contributed by atoms with Gasteiger partial charge in [0.1, 0.15) is 5.82 Å². The molecule has 1 saturated carbocycles. The molecule has 5 nitrogen and oxygen atoms in total. The van der Waals surface area contributed by atoms with E-state index in [2.05, 4.69) is 32.5 Å². The first-order chi connectivity index (χ1) is 9.28. The van der Waals surface area contributed by atoms with Gasteiger partial charge in [-0.15, -0.1) is 0 Å². The largest absolute Gasteiger partial charge is 0.396 e. The van der Waals surface area contributed by atoms with Gasteiger partial charge >= 0.3 is 0 Å². The summed E-state index contributed by atoms with van der Waals surface area (Å²) in [5.41, 5.74) is 1.92. The minimum Gasteiger partial charge on any atom is -0.396 e. The first-order valence-electron chi connectivity index (χ1n) is 6.87. The molecular formula is C14H18N4O. The Morgan fingerprint density at radius 1 is 1.37 bits per heavy atom. The lowest BCUT2D eigenvalue weighted by atomic mass is 10.3. The van der Waals surface area contributed by atoms with Crippen LogP contribution in [0.25, 0.3) is 11.2 Å². The molecule has 2 fully saturated rings. The van der Waals surface area contributed by atoms with E-state index in [1.165, 1.54) is 0 Å². The van der Waals surface area contributed by atoms with Crippen LogP contribution in [0.5, 0.6) is 0 Å². The standard InChI is InChI=1S/C14H18N4O/c1-17-12-3-2-4-15-14(12)16-13(17)7-18-5-9-10(6-18)11(9)8-19/h2-4,9-11,19H,5-8H2,1H3/t9-,10+,11-. The van der Waals surface area contributed by atoms with Crippen molar-refractivity contribution in [1.82, 2.24) is 19.4 Å². The summed E-state index contributed by atoms with van der Waals surface area (Å²) in [6, 6.07) is 4.01. The van der Waals surface area contributed by atoms with Crippen molar-refractivity contribution >= 4 is 11.2 Å². The molecule has 1 aliphatic heterocycles. The summed E-state index contributed by atoms with van der Waals surface area (Å²) in [7, 11) is 2.06. The lowest BCUT2D eigenvalue weighted by Crippen LogP contribution is -2.26. The van der Waals surface area contributed by atoms with Gasteiger partial charge in [0.05, 0.1) is 12.1 Å². The minimum absolute atomic E-state index is 0.360. The molecule has 19 heavy (non-hydrogen) atoms. The fourth-order valence-electron chi connectivity index (χ4n) is 3.55. The quantitative estimate of drug-likeness (QED) is 0.878. The van der Waals surface area contributed by atoms with Crippen LogP contribution >= 0.6 is 0 Å². The molecule has 0 aromatic carbocycles. The Kier molecular flexibility index (Phi) is 2.40. The molecule has 5 heteroatoms. The predicted octanol–water partition coefficient (Wildman–Crippen LogP) is 0.638. The number of rotatable bonds is 3. The van der Waals surface area contributed by atoms with Crippen LogP contribution in [0.2, 0.25) is 0 Å². The Morgan fingerprint density at radius 3 is 2.84 bits per heavy atom. The van der Waals surface area contributed by atoms with Crippen molar-refractivity contribution in [1.29, 1.82) is 0 Å². The van der Waals surface area contributed by atoms with Crippen molar-refractivity contribution in [3.63, 3.8) is 0 Å². The third-order valence-corrected chi connectivity index (χ3v) is 4.77. The second kappa shape index (κ2) is 4.02. The first-order valence-corrected chi connectivity index (χ1v) is 6.87. The van der Waals surface area contributed by atoms with E-state index in [-0.39, 0.29) is 0 Å². The van der Waals surface area contributed by atoms with Gasteiger partial charge in [-0.3, -0.25) is 4.90 Å². The van der Waals surface area contributed by atoms with E-state index in [1.807, 2.05) is 6.07 Å². The highest BCUT2D eigenvalue weighted by molar-refractivity contribution is 5.71. The SMILES string of the molecule is Cn1c(CN2C[C@@H]3[C@H](CO)[C@@H]3C2)nc2ncccc21. The number of aliphatic hydroxyl groups excluding tert-OH is 1. The molecular weight excluding hydrogens is 240 g/mol. The summed E-state index contributed by atoms with van der Waals surface area (Å²) in [6.07, 6.45) is 1.79. The smallest absolute Gasteiger partial charge is 0.177 e. The minimum atomic E-state index is 0.360. The van der Waals surface area contributed by atoms with Crippen molar-refractivity contribution in [3.05, 3.63) is 24.2 Å². The van der Waals surface area contributed by atoms with Gasteiger partial charge in [-0.2, -0.15) is 0 Å². The average molecular weight is 258 g/mol. The fraction of sp³-hybridized carbons (Fsp3) is 0.571. The number of nitrogens with zero attached hydrogens (tertiary/aromatic N) is 4. The zero-order valence-corrected chi connectivity index (χ0v) is 11.0. The van der Waals surface area contributed by atoms with Crippen molar-refractivity contribution < 1.29 is 5.11 Å². The molecule has 100 valence electrons. The van der Waals surface area contributed by atoms with Crippen LogP contribution in [0, 0.1) is 17.8 Å². The van der Waals surface area contributed by atoms with Crippen LogP contribution in [0.4, 0.5) is 0 Å². The Labute approximate surface area is 111 Å². The maximum atomic E-state index is 9.18. The Balaban J connectivity index is 1.52. The number of piperidine rings is 1. The molecule has 1 aliphatic carbocycles. The van der Waals surface area contributed by atoms with E-state index in [4.69, 9.17) is 0 Å². The highest BCUT2D eigenvalue weighted by Gasteiger charge is 2.54. The van der Waals surface area contributed by atoms with Crippen molar-refractivity contribution in [2.75, 3.05) is 19.7 Å². The van der Waals surface area contributed by atoms with Crippen LogP contribution in [0.1, 0.15) is 5.82 Å². The summed E-state index contributed by atoms with van der Waals surface area (Å²) in [4.78, 5) is 11.4. The van der Waals surface area contributed by atoms with Crippen LogP contribution in [0.15, 0.2) is 18.3 Å². The van der Waals surface area contributed by atoms with Gasteiger partial charge < -0.3 is 9.67 Å². The third kappa shape index (κ3) is 1.69. The number of pyridine rings is 1. The summed E-state index contributed by atoms with van der Waals surface area (Å²) in [6.45, 7) is 3.45. The summed E-state index contributed by atoms with van der Waals surface area (Å²) in [5, 5.41) is 9.18. The van der Waals surface area contributed by atoms with Crippen LogP contribution in [-0.4, -0.2) is 44.2 Å². The molecule has 2 aromatic heterocycles. The maximum absolute atomic E-state index is 9.18. The predicted molar refractivity (Wildman–Crippen MR) is 71.3 cm³/mol. The van der Waals surface area contributed by atoms with Crippen LogP contribution < -0.4 is 0 Å². The van der Waals surface area contributed by atoms with Gasteiger partial charge in [-0.25, -0.2) is 9.97 Å². The number of imidazole rings is 1. The molecule has 0 spiro atoms. The normalized spacial score (nSPS) is 29.9. The third-order valence-electron chi connectivity index (χ3n) is 4.77.